The maximum atomic E-state index is 13.9. The number of amidine groups is 1. The number of nitrogens with two attached hydrogens (primary N) is 1. The Morgan fingerprint density at radius 2 is 2.19 bits per heavy atom. The summed E-state index contributed by atoms with van der Waals surface area (Å²) in [6.07, 6.45) is 0.536. The highest BCUT2D eigenvalue weighted by atomic mass is 19.1. The van der Waals surface area contributed by atoms with Gasteiger partial charge in [0, 0.05) is 11.3 Å². The summed E-state index contributed by atoms with van der Waals surface area (Å²) in [4.78, 5) is 23.0. The van der Waals surface area contributed by atoms with Crippen molar-refractivity contribution in [1.82, 2.24) is 0 Å². The highest BCUT2D eigenvalue weighted by Crippen LogP contribution is 2.31. The average molecular weight is 297 g/mol. The van der Waals surface area contributed by atoms with Gasteiger partial charge in [0.25, 0.3) is 6.47 Å². The quantitative estimate of drug-likeness (QED) is 0.710. The van der Waals surface area contributed by atoms with Crippen molar-refractivity contribution >= 4 is 24.4 Å². The molecule has 0 spiro atoms. The molecule has 0 aliphatic carbocycles. The SMILES string of the molecule is CC1(c2cc(NC=O)ccc2F)COCC(N)=N1.O=CO. The highest BCUT2D eigenvalue weighted by Gasteiger charge is 2.32. The number of hydrogen-bond acceptors (Lipinski definition) is 5. The van der Waals surface area contributed by atoms with Gasteiger partial charge in [-0.1, -0.05) is 0 Å². The number of carboxylic acid groups (broad SMARTS) is 1. The Kier molecular flexibility index (Phi) is 5.79. The lowest BCUT2D eigenvalue weighted by molar-refractivity contribution is -0.122. The molecule has 8 heteroatoms. The van der Waals surface area contributed by atoms with E-state index >= 15 is 0 Å². The number of nitrogens with zero attached hydrogens (tertiary/aromatic N) is 1. The van der Waals surface area contributed by atoms with Crippen LogP contribution in [0.3, 0.4) is 0 Å². The first-order valence-corrected chi connectivity index (χ1v) is 5.97. The van der Waals surface area contributed by atoms with Crippen LogP contribution in [0.4, 0.5) is 10.1 Å². The number of nitrogens with one attached hydrogen (secondary N) is 1. The molecular formula is C13H16FN3O4. The monoisotopic (exact) mass is 297 g/mol. The predicted molar refractivity (Wildman–Crippen MR) is 74.6 cm³/mol. The summed E-state index contributed by atoms with van der Waals surface area (Å²) < 4.78 is 19.2. The van der Waals surface area contributed by atoms with Crippen molar-refractivity contribution in [2.24, 2.45) is 10.7 Å². The van der Waals surface area contributed by atoms with E-state index in [1.54, 1.807) is 6.92 Å². The second-order valence-corrected chi connectivity index (χ2v) is 4.43. The Morgan fingerprint density at radius 1 is 1.52 bits per heavy atom. The van der Waals surface area contributed by atoms with Gasteiger partial charge >= 0.3 is 0 Å². The number of anilines is 1. The molecule has 1 aromatic carbocycles. The van der Waals surface area contributed by atoms with Crippen molar-refractivity contribution in [3.63, 3.8) is 0 Å². The van der Waals surface area contributed by atoms with Crippen LogP contribution in [0.15, 0.2) is 23.2 Å². The minimum atomic E-state index is -0.868. The van der Waals surface area contributed by atoms with Crippen LogP contribution in [-0.4, -0.2) is 37.0 Å². The molecule has 0 saturated heterocycles. The lowest BCUT2D eigenvalue weighted by atomic mass is 9.92. The number of benzene rings is 1. The summed E-state index contributed by atoms with van der Waals surface area (Å²) in [7, 11) is 0. The van der Waals surface area contributed by atoms with E-state index < -0.39 is 11.4 Å². The molecule has 1 amide bonds. The fourth-order valence-electron chi connectivity index (χ4n) is 1.97. The minimum Gasteiger partial charge on any atom is -0.483 e. The van der Waals surface area contributed by atoms with Crippen LogP contribution in [0.25, 0.3) is 0 Å². The molecule has 114 valence electrons. The molecule has 0 aromatic heterocycles. The van der Waals surface area contributed by atoms with Gasteiger partial charge in [0.2, 0.25) is 6.41 Å². The molecule has 1 aliphatic heterocycles. The molecule has 4 N–H and O–H groups in total. The Hall–Kier alpha value is -2.48. The summed E-state index contributed by atoms with van der Waals surface area (Å²) in [5, 5.41) is 9.36. The fourth-order valence-corrected chi connectivity index (χ4v) is 1.97. The molecule has 1 aliphatic rings. The van der Waals surface area contributed by atoms with Crippen LogP contribution in [0, 0.1) is 5.82 Å². The predicted octanol–water partition coefficient (Wildman–Crippen LogP) is 0.697. The Morgan fingerprint density at radius 3 is 2.76 bits per heavy atom. The standard InChI is InChI=1S/C12H14FN3O2.CH2O2/c1-12(6-18-5-11(14)16-12)9-4-8(15-7-17)2-3-10(9)13;2-1-3/h2-4,7H,5-6H2,1H3,(H2,14,16)(H,15,17);1H,(H,2,3). The van der Waals surface area contributed by atoms with Gasteiger partial charge in [0.1, 0.15) is 23.8 Å². The van der Waals surface area contributed by atoms with E-state index in [1.807, 2.05) is 0 Å². The van der Waals surface area contributed by atoms with Gasteiger partial charge in [0.05, 0.1) is 6.61 Å². The summed E-state index contributed by atoms with van der Waals surface area (Å²) in [5.41, 5.74) is 5.60. The van der Waals surface area contributed by atoms with Gasteiger partial charge in [0.15, 0.2) is 0 Å². The van der Waals surface area contributed by atoms with Crippen LogP contribution >= 0.6 is 0 Å². The van der Waals surface area contributed by atoms with E-state index in [0.29, 0.717) is 23.5 Å². The molecule has 1 atom stereocenters. The van der Waals surface area contributed by atoms with Gasteiger partial charge in [-0.25, -0.2) is 4.39 Å². The van der Waals surface area contributed by atoms with E-state index in [1.165, 1.54) is 18.2 Å². The average Bonchev–Trinajstić information content (AvgIpc) is 2.42. The Bertz CT molecular complexity index is 550. The van der Waals surface area contributed by atoms with Crippen molar-refractivity contribution in [3.05, 3.63) is 29.6 Å². The van der Waals surface area contributed by atoms with E-state index in [-0.39, 0.29) is 19.7 Å². The molecule has 0 fully saturated rings. The highest BCUT2D eigenvalue weighted by molar-refractivity contribution is 5.82. The first-order chi connectivity index (χ1) is 9.96. The number of amides is 1. The fraction of sp³-hybridized carbons (Fsp3) is 0.308. The van der Waals surface area contributed by atoms with Crippen molar-refractivity contribution in [2.75, 3.05) is 18.5 Å². The molecule has 0 saturated carbocycles. The van der Waals surface area contributed by atoms with Gasteiger partial charge in [-0.15, -0.1) is 0 Å². The normalized spacial score (nSPS) is 20.6. The zero-order valence-electron chi connectivity index (χ0n) is 11.4. The summed E-state index contributed by atoms with van der Waals surface area (Å²) in [5.74, 6) is -0.0760. The number of rotatable bonds is 3. The molecule has 7 nitrogen and oxygen atoms in total. The van der Waals surface area contributed by atoms with Crippen LogP contribution in [0.5, 0.6) is 0 Å². The van der Waals surface area contributed by atoms with Crippen LogP contribution < -0.4 is 11.1 Å². The number of hydrogen-bond donors (Lipinski definition) is 3. The molecular weight excluding hydrogens is 281 g/mol. The maximum absolute atomic E-state index is 13.9. The maximum Gasteiger partial charge on any atom is 0.290 e. The van der Waals surface area contributed by atoms with Crippen molar-refractivity contribution in [2.45, 2.75) is 12.5 Å². The molecule has 21 heavy (non-hydrogen) atoms. The molecule has 0 bridgehead atoms. The zero-order valence-corrected chi connectivity index (χ0v) is 11.4. The molecule has 1 unspecified atom stereocenters. The van der Waals surface area contributed by atoms with Crippen LogP contribution in [-0.2, 0) is 19.9 Å². The van der Waals surface area contributed by atoms with E-state index in [9.17, 15) is 9.18 Å². The number of ether oxygens (including phenoxy) is 1. The topological polar surface area (TPSA) is 114 Å². The molecule has 0 radical (unpaired) electrons. The van der Waals surface area contributed by atoms with Gasteiger partial charge in [-0.2, -0.15) is 0 Å². The molecule has 1 heterocycles. The first kappa shape index (κ1) is 16.6. The largest absolute Gasteiger partial charge is 0.483 e. The smallest absolute Gasteiger partial charge is 0.290 e. The van der Waals surface area contributed by atoms with Crippen molar-refractivity contribution in [3.8, 4) is 0 Å². The Labute approximate surface area is 120 Å². The molecule has 1 aromatic rings. The minimum absolute atomic E-state index is 0.245. The van der Waals surface area contributed by atoms with E-state index in [2.05, 4.69) is 10.3 Å². The van der Waals surface area contributed by atoms with Gasteiger partial charge < -0.3 is 20.9 Å². The van der Waals surface area contributed by atoms with Crippen molar-refractivity contribution in [1.29, 1.82) is 0 Å². The molecule has 2 rings (SSSR count). The third-order valence-electron chi connectivity index (χ3n) is 2.80. The number of carbonyl (C=O) groups excluding carboxylic acids is 1. The number of aliphatic imine (C=N–C) groups is 1. The number of halogens is 1. The third kappa shape index (κ3) is 4.25. The van der Waals surface area contributed by atoms with Crippen LogP contribution in [0.1, 0.15) is 12.5 Å². The summed E-state index contributed by atoms with van der Waals surface area (Å²) >= 11 is 0. The first-order valence-electron chi connectivity index (χ1n) is 5.97. The second-order valence-electron chi connectivity index (χ2n) is 4.43. The zero-order chi connectivity index (χ0) is 15.9. The van der Waals surface area contributed by atoms with Crippen molar-refractivity contribution < 1.29 is 23.8 Å². The van der Waals surface area contributed by atoms with Crippen LogP contribution in [0.2, 0.25) is 0 Å². The van der Waals surface area contributed by atoms with Gasteiger partial charge in [-0.05, 0) is 25.1 Å². The van der Waals surface area contributed by atoms with E-state index in [0.717, 1.165) is 0 Å². The van der Waals surface area contributed by atoms with Gasteiger partial charge in [-0.3, -0.25) is 14.6 Å². The third-order valence-corrected chi connectivity index (χ3v) is 2.80. The Balaban J connectivity index is 0.000000677. The lowest BCUT2D eigenvalue weighted by Gasteiger charge is -2.30. The number of carbonyl (C=O) groups is 2. The summed E-state index contributed by atoms with van der Waals surface area (Å²) in [6.45, 7) is 1.99. The lowest BCUT2D eigenvalue weighted by Crippen LogP contribution is -2.38. The second kappa shape index (κ2) is 7.34. The van der Waals surface area contributed by atoms with E-state index in [4.69, 9.17) is 20.4 Å². The summed E-state index contributed by atoms with van der Waals surface area (Å²) in [6, 6.07) is 4.30.